The minimum Gasteiger partial charge on any atom is -0.377 e. The Morgan fingerprint density at radius 2 is 2.15 bits per heavy atom. The highest BCUT2D eigenvalue weighted by Gasteiger charge is 2.28. The van der Waals surface area contributed by atoms with Gasteiger partial charge in [-0.05, 0) is 36.8 Å². The van der Waals surface area contributed by atoms with Gasteiger partial charge in [0.25, 0.3) is 0 Å². The van der Waals surface area contributed by atoms with Gasteiger partial charge >= 0.3 is 6.18 Å². The van der Waals surface area contributed by atoms with Gasteiger partial charge in [0, 0.05) is 23.4 Å². The summed E-state index contributed by atoms with van der Waals surface area (Å²) in [7, 11) is 1.71. The van der Waals surface area contributed by atoms with E-state index in [1.165, 1.54) is 10.4 Å². The molecule has 1 heterocycles. The molecule has 0 saturated heterocycles. The molecule has 1 aliphatic carbocycles. The normalized spacial score (nSPS) is 22.9. The molecule has 1 N–H and O–H groups in total. The van der Waals surface area contributed by atoms with Crippen LogP contribution in [0.25, 0.3) is 0 Å². The third-order valence-electron chi connectivity index (χ3n) is 3.66. The second-order valence-electron chi connectivity index (χ2n) is 5.28. The van der Waals surface area contributed by atoms with Crippen LogP contribution in [-0.4, -0.2) is 26.4 Å². The molecular formula is C14H20F3NOS. The number of halogens is 3. The van der Waals surface area contributed by atoms with Crippen LogP contribution >= 0.6 is 11.3 Å². The molecule has 0 fully saturated rings. The lowest BCUT2D eigenvalue weighted by Crippen LogP contribution is -2.30. The second kappa shape index (κ2) is 6.45. The number of fused-ring (bicyclic) bond motifs is 1. The van der Waals surface area contributed by atoms with Crippen LogP contribution in [0.5, 0.6) is 0 Å². The fourth-order valence-electron chi connectivity index (χ4n) is 2.61. The molecule has 1 aliphatic rings. The average molecular weight is 307 g/mol. The van der Waals surface area contributed by atoms with Crippen LogP contribution in [0.1, 0.15) is 47.1 Å². The lowest BCUT2D eigenvalue weighted by molar-refractivity contribution is -0.124. The van der Waals surface area contributed by atoms with E-state index in [1.807, 2.05) is 0 Å². The van der Waals surface area contributed by atoms with Crippen molar-refractivity contribution in [2.24, 2.45) is 0 Å². The van der Waals surface area contributed by atoms with E-state index < -0.39 is 12.7 Å². The maximum absolute atomic E-state index is 12.0. The molecule has 0 aliphatic heterocycles. The highest BCUT2D eigenvalue weighted by Crippen LogP contribution is 2.43. The van der Waals surface area contributed by atoms with Gasteiger partial charge in [-0.3, -0.25) is 0 Å². The Hall–Kier alpha value is -0.590. The lowest BCUT2D eigenvalue weighted by Gasteiger charge is -2.25. The first-order chi connectivity index (χ1) is 9.40. The molecule has 0 radical (unpaired) electrons. The van der Waals surface area contributed by atoms with Crippen LogP contribution in [0.4, 0.5) is 13.2 Å². The summed E-state index contributed by atoms with van der Waals surface area (Å²) in [5.41, 5.74) is 1.24. The topological polar surface area (TPSA) is 21.3 Å². The van der Waals surface area contributed by atoms with E-state index in [-0.39, 0.29) is 6.10 Å². The van der Waals surface area contributed by atoms with Crippen molar-refractivity contribution in [1.82, 2.24) is 5.32 Å². The first-order valence-electron chi connectivity index (χ1n) is 6.83. The summed E-state index contributed by atoms with van der Waals surface area (Å²) in [6.07, 6.45) is -1.22. The van der Waals surface area contributed by atoms with E-state index in [0.29, 0.717) is 18.9 Å². The maximum Gasteiger partial charge on any atom is 0.401 e. The van der Waals surface area contributed by atoms with Gasteiger partial charge in [0.05, 0.1) is 12.6 Å². The fourth-order valence-corrected chi connectivity index (χ4v) is 3.91. The fraction of sp³-hybridized carbons (Fsp3) is 0.714. The van der Waals surface area contributed by atoms with Crippen molar-refractivity contribution in [3.63, 3.8) is 0 Å². The van der Waals surface area contributed by atoms with E-state index in [2.05, 4.69) is 18.3 Å². The molecule has 2 nitrogen and oxygen atoms in total. The molecule has 1 aromatic rings. The van der Waals surface area contributed by atoms with Gasteiger partial charge in [-0.2, -0.15) is 13.2 Å². The molecule has 2 atom stereocenters. The minimum absolute atomic E-state index is 0.148. The van der Waals surface area contributed by atoms with Gasteiger partial charge in [-0.25, -0.2) is 0 Å². The van der Waals surface area contributed by atoms with Gasteiger partial charge in [0.1, 0.15) is 0 Å². The Bertz CT molecular complexity index is 444. The van der Waals surface area contributed by atoms with Crippen molar-refractivity contribution in [2.45, 2.75) is 44.4 Å². The largest absolute Gasteiger partial charge is 0.401 e. The summed E-state index contributed by atoms with van der Waals surface area (Å²) in [4.78, 5) is 2.48. The maximum atomic E-state index is 12.0. The Morgan fingerprint density at radius 1 is 1.40 bits per heavy atom. The highest BCUT2D eigenvalue weighted by atomic mass is 32.1. The van der Waals surface area contributed by atoms with Crippen molar-refractivity contribution in [2.75, 3.05) is 20.2 Å². The minimum atomic E-state index is -4.13. The van der Waals surface area contributed by atoms with Crippen LogP contribution < -0.4 is 5.32 Å². The summed E-state index contributed by atoms with van der Waals surface area (Å²) >= 11 is 1.72. The van der Waals surface area contributed by atoms with E-state index in [1.54, 1.807) is 18.4 Å². The Balaban J connectivity index is 1.94. The summed E-state index contributed by atoms with van der Waals surface area (Å²) in [5, 5.41) is 2.44. The number of rotatable bonds is 5. The summed E-state index contributed by atoms with van der Waals surface area (Å²) in [6.45, 7) is 1.63. The van der Waals surface area contributed by atoms with Crippen LogP contribution in [0.15, 0.2) is 6.07 Å². The quantitative estimate of drug-likeness (QED) is 0.829. The number of hydrogen-bond acceptors (Lipinski definition) is 3. The van der Waals surface area contributed by atoms with E-state index in [4.69, 9.17) is 4.74 Å². The molecule has 0 bridgehead atoms. The second-order valence-corrected chi connectivity index (χ2v) is 6.45. The molecule has 20 heavy (non-hydrogen) atoms. The molecule has 0 aromatic carbocycles. The smallest absolute Gasteiger partial charge is 0.377 e. The van der Waals surface area contributed by atoms with Crippen molar-refractivity contribution in [3.8, 4) is 0 Å². The van der Waals surface area contributed by atoms with Gasteiger partial charge in [0.2, 0.25) is 0 Å². The van der Waals surface area contributed by atoms with Crippen molar-refractivity contribution in [3.05, 3.63) is 21.4 Å². The van der Waals surface area contributed by atoms with Crippen molar-refractivity contribution in [1.29, 1.82) is 0 Å². The van der Waals surface area contributed by atoms with Crippen LogP contribution in [0, 0.1) is 0 Å². The van der Waals surface area contributed by atoms with E-state index >= 15 is 0 Å². The summed E-state index contributed by atoms with van der Waals surface area (Å²) in [5.74, 6) is 0.526. The first-order valence-corrected chi connectivity index (χ1v) is 7.65. The van der Waals surface area contributed by atoms with Crippen LogP contribution in [0.3, 0.4) is 0 Å². The summed E-state index contributed by atoms with van der Waals surface area (Å²) < 4.78 is 41.6. The number of alkyl halides is 3. The van der Waals surface area contributed by atoms with Crippen molar-refractivity contribution < 1.29 is 17.9 Å². The zero-order chi connectivity index (χ0) is 14.8. The van der Waals surface area contributed by atoms with E-state index in [9.17, 15) is 13.2 Å². The zero-order valence-electron chi connectivity index (χ0n) is 11.7. The molecule has 2 rings (SSSR count). The van der Waals surface area contributed by atoms with E-state index in [0.717, 1.165) is 17.7 Å². The number of nitrogens with one attached hydrogen (secondary N) is 1. The molecule has 6 heteroatoms. The number of hydrogen-bond donors (Lipinski definition) is 1. The Morgan fingerprint density at radius 3 is 2.80 bits per heavy atom. The molecule has 114 valence electrons. The van der Waals surface area contributed by atoms with Gasteiger partial charge < -0.3 is 10.1 Å². The average Bonchev–Trinajstić information content (AvgIpc) is 2.79. The standard InChI is InChI=1S/C14H20F3NOS/c1-9-3-4-12(19-2)11-7-10(20-13(9)11)5-6-18-8-14(15,16)17/h7,9,12,18H,3-6,8H2,1-2H3. The SMILES string of the molecule is COC1CCC(C)c2sc(CCNCC(F)(F)F)cc21. The predicted octanol–water partition coefficient (Wildman–Crippen LogP) is 4.03. The molecule has 2 unspecified atom stereocenters. The van der Waals surface area contributed by atoms with Crippen LogP contribution in [-0.2, 0) is 11.2 Å². The molecule has 0 saturated carbocycles. The Labute approximate surface area is 121 Å². The highest BCUT2D eigenvalue weighted by molar-refractivity contribution is 7.12. The van der Waals surface area contributed by atoms with Crippen LogP contribution in [0.2, 0.25) is 0 Å². The van der Waals surface area contributed by atoms with Gasteiger partial charge in [0.15, 0.2) is 0 Å². The molecule has 1 aromatic heterocycles. The number of methoxy groups -OCH3 is 1. The molecule has 0 amide bonds. The lowest BCUT2D eigenvalue weighted by atomic mass is 9.88. The zero-order valence-corrected chi connectivity index (χ0v) is 12.5. The first kappa shape index (κ1) is 15.8. The molecule has 0 spiro atoms. The predicted molar refractivity (Wildman–Crippen MR) is 74.3 cm³/mol. The third kappa shape index (κ3) is 3.96. The van der Waals surface area contributed by atoms with Gasteiger partial charge in [-0.15, -0.1) is 11.3 Å². The number of thiophene rings is 1. The van der Waals surface area contributed by atoms with Gasteiger partial charge in [-0.1, -0.05) is 6.92 Å². The van der Waals surface area contributed by atoms with Crippen molar-refractivity contribution >= 4 is 11.3 Å². The Kier molecular flexibility index (Phi) is 5.09. The number of ether oxygens (including phenoxy) is 1. The molecular weight excluding hydrogens is 287 g/mol. The summed E-state index contributed by atoms with van der Waals surface area (Å²) in [6, 6.07) is 2.11. The monoisotopic (exact) mass is 307 g/mol. The third-order valence-corrected chi connectivity index (χ3v) is 5.10.